The summed E-state index contributed by atoms with van der Waals surface area (Å²) in [7, 11) is 0. The highest BCUT2D eigenvalue weighted by molar-refractivity contribution is 5.90. The monoisotopic (exact) mass is 200 g/mol. The molecular formula is C10H8N4O. The van der Waals surface area contributed by atoms with E-state index in [1.807, 2.05) is 6.07 Å². The number of amides is 2. The summed E-state index contributed by atoms with van der Waals surface area (Å²) in [6.45, 7) is -0.0689. The Morgan fingerprint density at radius 1 is 1.33 bits per heavy atom. The average Bonchev–Trinajstić information content (AvgIpc) is 2.27. The topological polar surface area (TPSA) is 88.7 Å². The third-order valence-corrected chi connectivity index (χ3v) is 1.62. The number of nitriles is 2. The van der Waals surface area contributed by atoms with Gasteiger partial charge in [-0.1, -0.05) is 12.1 Å². The number of nitrogens with one attached hydrogen (secondary N) is 2. The van der Waals surface area contributed by atoms with Gasteiger partial charge in [0.2, 0.25) is 0 Å². The number of hydrogen-bond acceptors (Lipinski definition) is 3. The minimum atomic E-state index is -0.501. The first-order chi connectivity index (χ1) is 7.27. The van der Waals surface area contributed by atoms with Crippen molar-refractivity contribution in [1.82, 2.24) is 5.32 Å². The number of carbonyl (C=O) groups is 1. The number of rotatable bonds is 2. The van der Waals surface area contributed by atoms with Crippen LogP contribution in [0.2, 0.25) is 0 Å². The van der Waals surface area contributed by atoms with Crippen molar-refractivity contribution in [3.63, 3.8) is 0 Å². The summed E-state index contributed by atoms with van der Waals surface area (Å²) in [5, 5.41) is 21.8. The van der Waals surface area contributed by atoms with Crippen LogP contribution < -0.4 is 10.6 Å². The number of nitrogens with zero attached hydrogens (tertiary/aromatic N) is 2. The minimum absolute atomic E-state index is 0.0689. The van der Waals surface area contributed by atoms with Gasteiger partial charge in [-0.2, -0.15) is 10.5 Å². The molecule has 0 aliphatic rings. The van der Waals surface area contributed by atoms with Crippen LogP contribution >= 0.6 is 0 Å². The molecular weight excluding hydrogens is 192 g/mol. The number of para-hydroxylation sites is 1. The van der Waals surface area contributed by atoms with Crippen LogP contribution in [0.25, 0.3) is 0 Å². The van der Waals surface area contributed by atoms with Gasteiger partial charge in [-0.05, 0) is 12.1 Å². The molecule has 0 aliphatic heterocycles. The van der Waals surface area contributed by atoms with Crippen molar-refractivity contribution in [2.24, 2.45) is 0 Å². The van der Waals surface area contributed by atoms with E-state index in [1.54, 1.807) is 30.3 Å². The summed E-state index contributed by atoms with van der Waals surface area (Å²) in [5.74, 6) is 0. The normalized spacial score (nSPS) is 8.40. The molecule has 0 radical (unpaired) electrons. The molecule has 1 aromatic carbocycles. The number of carbonyl (C=O) groups excluding carboxylic acids is 1. The van der Waals surface area contributed by atoms with Crippen molar-refractivity contribution in [2.45, 2.75) is 0 Å². The van der Waals surface area contributed by atoms with E-state index in [4.69, 9.17) is 10.5 Å². The number of benzene rings is 1. The second kappa shape index (κ2) is 5.25. The van der Waals surface area contributed by atoms with Crippen LogP contribution in [0.3, 0.4) is 0 Å². The lowest BCUT2D eigenvalue weighted by atomic mass is 10.2. The molecule has 2 amide bonds. The third-order valence-electron chi connectivity index (χ3n) is 1.62. The van der Waals surface area contributed by atoms with E-state index in [1.165, 1.54) is 0 Å². The Labute approximate surface area is 86.9 Å². The van der Waals surface area contributed by atoms with Crippen LogP contribution in [0.5, 0.6) is 0 Å². The molecule has 2 N–H and O–H groups in total. The standard InChI is InChI=1S/C10H8N4O/c11-5-6-13-10(15)14-9-4-2-1-3-8(9)7-12/h1-4H,6H2,(H2,13,14,15). The van der Waals surface area contributed by atoms with Gasteiger partial charge >= 0.3 is 6.03 Å². The summed E-state index contributed by atoms with van der Waals surface area (Å²) >= 11 is 0. The zero-order chi connectivity index (χ0) is 11.1. The molecule has 0 saturated carbocycles. The van der Waals surface area contributed by atoms with Gasteiger partial charge in [-0.15, -0.1) is 0 Å². The smallest absolute Gasteiger partial charge is 0.320 e. The fourth-order valence-corrected chi connectivity index (χ4v) is 0.976. The Morgan fingerprint density at radius 3 is 2.73 bits per heavy atom. The average molecular weight is 200 g/mol. The Bertz CT molecular complexity index is 441. The number of urea groups is 1. The highest BCUT2D eigenvalue weighted by Gasteiger charge is 2.04. The molecule has 0 aromatic heterocycles. The van der Waals surface area contributed by atoms with Gasteiger partial charge in [-0.3, -0.25) is 0 Å². The second-order valence-corrected chi connectivity index (χ2v) is 2.62. The molecule has 0 saturated heterocycles. The highest BCUT2D eigenvalue weighted by atomic mass is 16.2. The summed E-state index contributed by atoms with van der Waals surface area (Å²) in [5.41, 5.74) is 0.806. The maximum absolute atomic E-state index is 11.2. The van der Waals surface area contributed by atoms with Gasteiger partial charge in [0.1, 0.15) is 12.6 Å². The Kier molecular flexibility index (Phi) is 3.70. The molecule has 0 spiro atoms. The maximum Gasteiger partial charge on any atom is 0.320 e. The van der Waals surface area contributed by atoms with E-state index in [9.17, 15) is 4.79 Å². The van der Waals surface area contributed by atoms with Crippen molar-refractivity contribution in [2.75, 3.05) is 11.9 Å². The van der Waals surface area contributed by atoms with E-state index in [-0.39, 0.29) is 6.54 Å². The first-order valence-electron chi connectivity index (χ1n) is 4.19. The van der Waals surface area contributed by atoms with Crippen molar-refractivity contribution < 1.29 is 4.79 Å². The largest absolute Gasteiger partial charge is 0.325 e. The zero-order valence-electron chi connectivity index (χ0n) is 7.82. The van der Waals surface area contributed by atoms with Crippen molar-refractivity contribution >= 4 is 11.7 Å². The summed E-state index contributed by atoms with van der Waals surface area (Å²) < 4.78 is 0. The molecule has 0 fully saturated rings. The zero-order valence-corrected chi connectivity index (χ0v) is 7.82. The summed E-state index contributed by atoms with van der Waals surface area (Å²) in [4.78, 5) is 11.2. The van der Waals surface area contributed by atoms with Gasteiger partial charge < -0.3 is 10.6 Å². The van der Waals surface area contributed by atoms with Gasteiger partial charge in [0.05, 0.1) is 17.3 Å². The molecule has 0 bridgehead atoms. The molecule has 1 aromatic rings. The molecule has 0 unspecified atom stereocenters. The molecule has 0 aliphatic carbocycles. The molecule has 0 heterocycles. The van der Waals surface area contributed by atoms with Gasteiger partial charge in [0.25, 0.3) is 0 Å². The van der Waals surface area contributed by atoms with Gasteiger partial charge in [0.15, 0.2) is 0 Å². The predicted molar refractivity (Wildman–Crippen MR) is 53.8 cm³/mol. The SMILES string of the molecule is N#CCNC(=O)Nc1ccccc1C#N. The molecule has 0 atom stereocenters. The maximum atomic E-state index is 11.2. The predicted octanol–water partition coefficient (Wildman–Crippen LogP) is 1.20. The van der Waals surface area contributed by atoms with Crippen LogP contribution in [-0.2, 0) is 0 Å². The van der Waals surface area contributed by atoms with E-state index in [0.717, 1.165) is 0 Å². The lowest BCUT2D eigenvalue weighted by molar-refractivity contribution is 0.253. The fraction of sp³-hybridized carbons (Fsp3) is 0.100. The lowest BCUT2D eigenvalue weighted by Gasteiger charge is -2.05. The third kappa shape index (κ3) is 3.02. The summed E-state index contributed by atoms with van der Waals surface area (Å²) in [6, 6.07) is 9.85. The second-order valence-electron chi connectivity index (χ2n) is 2.62. The van der Waals surface area contributed by atoms with Crippen molar-refractivity contribution in [3.05, 3.63) is 29.8 Å². The van der Waals surface area contributed by atoms with Crippen molar-refractivity contribution in [1.29, 1.82) is 10.5 Å². The van der Waals surface area contributed by atoms with Gasteiger partial charge in [0, 0.05) is 0 Å². The first kappa shape index (κ1) is 10.6. The Balaban J connectivity index is 2.69. The summed E-state index contributed by atoms with van der Waals surface area (Å²) in [6.07, 6.45) is 0. The molecule has 15 heavy (non-hydrogen) atoms. The van der Waals surface area contributed by atoms with E-state index < -0.39 is 6.03 Å². The lowest BCUT2D eigenvalue weighted by Crippen LogP contribution is -2.29. The first-order valence-corrected chi connectivity index (χ1v) is 4.19. The van der Waals surface area contributed by atoms with Crippen LogP contribution in [0, 0.1) is 22.7 Å². The minimum Gasteiger partial charge on any atom is -0.325 e. The van der Waals surface area contributed by atoms with E-state index in [2.05, 4.69) is 10.6 Å². The van der Waals surface area contributed by atoms with Gasteiger partial charge in [-0.25, -0.2) is 4.79 Å². The van der Waals surface area contributed by atoms with Crippen LogP contribution in [0.15, 0.2) is 24.3 Å². The van der Waals surface area contributed by atoms with E-state index in [0.29, 0.717) is 11.3 Å². The molecule has 1 rings (SSSR count). The highest BCUT2D eigenvalue weighted by Crippen LogP contribution is 2.12. The molecule has 74 valence electrons. The van der Waals surface area contributed by atoms with Crippen LogP contribution in [0.4, 0.5) is 10.5 Å². The molecule has 5 nitrogen and oxygen atoms in total. The number of hydrogen-bond donors (Lipinski definition) is 2. The van der Waals surface area contributed by atoms with Crippen LogP contribution in [-0.4, -0.2) is 12.6 Å². The van der Waals surface area contributed by atoms with E-state index >= 15 is 0 Å². The van der Waals surface area contributed by atoms with Crippen LogP contribution in [0.1, 0.15) is 5.56 Å². The molecule has 5 heteroatoms. The Morgan fingerprint density at radius 2 is 2.07 bits per heavy atom. The fourth-order valence-electron chi connectivity index (χ4n) is 0.976. The quantitative estimate of drug-likeness (QED) is 0.703. The van der Waals surface area contributed by atoms with Crippen molar-refractivity contribution in [3.8, 4) is 12.1 Å². The number of anilines is 1. The Hall–Kier alpha value is -2.53.